The maximum atomic E-state index is 15.1. The molecular formula is C31H23F3N6O3. The Morgan fingerprint density at radius 3 is 2.49 bits per heavy atom. The predicted octanol–water partition coefficient (Wildman–Crippen LogP) is 5.56. The molecule has 5 rings (SSSR count). The topological polar surface area (TPSA) is 121 Å². The van der Waals surface area contributed by atoms with Crippen LogP contribution in [0.25, 0.3) is 5.69 Å². The molecule has 12 heteroatoms. The highest BCUT2D eigenvalue weighted by atomic mass is 19.1. The predicted molar refractivity (Wildman–Crippen MR) is 156 cm³/mol. The highest BCUT2D eigenvalue weighted by Crippen LogP contribution is 2.27. The largest absolute Gasteiger partial charge is 0.452 e. The molecule has 1 amide bonds. The van der Waals surface area contributed by atoms with Gasteiger partial charge in [-0.15, -0.1) is 0 Å². The maximum absolute atomic E-state index is 15.1. The van der Waals surface area contributed by atoms with Gasteiger partial charge in [-0.3, -0.25) is 14.2 Å². The number of carbonyl (C=O) groups is 1. The van der Waals surface area contributed by atoms with Crippen LogP contribution in [0.4, 0.5) is 24.7 Å². The lowest BCUT2D eigenvalue weighted by Crippen LogP contribution is -2.29. The molecule has 2 aromatic carbocycles. The SMILES string of the molecule is Cc1ccc(C(=O)Nc2ccc(OC3=CC(Nc4ccc(F)cn4)=CN/C3=C\C=N)c(F)c2)c(=O)n1-c1ccc(F)cc1. The summed E-state index contributed by atoms with van der Waals surface area (Å²) in [5, 5.41) is 15.8. The van der Waals surface area contributed by atoms with Crippen molar-refractivity contribution in [2.24, 2.45) is 0 Å². The van der Waals surface area contributed by atoms with E-state index in [0.717, 1.165) is 18.5 Å². The minimum Gasteiger partial charge on any atom is -0.452 e. The van der Waals surface area contributed by atoms with E-state index in [2.05, 4.69) is 20.9 Å². The molecule has 0 saturated carbocycles. The molecule has 3 heterocycles. The lowest BCUT2D eigenvalue weighted by Gasteiger charge is -2.20. The number of aromatic nitrogens is 2. The van der Waals surface area contributed by atoms with Gasteiger partial charge in [0.1, 0.15) is 23.0 Å². The number of allylic oxidation sites excluding steroid dienone is 2. The number of ether oxygens (including phenoxy) is 1. The first-order valence-electron chi connectivity index (χ1n) is 12.8. The Morgan fingerprint density at radius 2 is 1.79 bits per heavy atom. The van der Waals surface area contributed by atoms with Gasteiger partial charge in [-0.2, -0.15) is 0 Å². The number of carbonyl (C=O) groups excluding carboxylic acids is 1. The molecule has 4 N–H and O–H groups in total. The molecule has 0 aliphatic carbocycles. The van der Waals surface area contributed by atoms with Crippen molar-refractivity contribution in [1.29, 1.82) is 5.41 Å². The second kappa shape index (κ2) is 12.3. The fraction of sp³-hybridized carbons (Fsp3) is 0.0323. The Morgan fingerprint density at radius 1 is 1.02 bits per heavy atom. The zero-order valence-electron chi connectivity index (χ0n) is 22.5. The Hall–Kier alpha value is -5.91. The van der Waals surface area contributed by atoms with Crippen LogP contribution < -0.4 is 26.2 Å². The summed E-state index contributed by atoms with van der Waals surface area (Å²) in [7, 11) is 0. The van der Waals surface area contributed by atoms with Crippen LogP contribution in [0.3, 0.4) is 0 Å². The van der Waals surface area contributed by atoms with Gasteiger partial charge in [0.2, 0.25) is 0 Å². The van der Waals surface area contributed by atoms with Crippen molar-refractivity contribution in [1.82, 2.24) is 14.9 Å². The van der Waals surface area contributed by atoms with Crippen LogP contribution in [-0.2, 0) is 0 Å². The number of hydrogen-bond donors (Lipinski definition) is 4. The Labute approximate surface area is 243 Å². The van der Waals surface area contributed by atoms with Crippen molar-refractivity contribution in [3.05, 3.63) is 147 Å². The number of halogens is 3. The first-order valence-corrected chi connectivity index (χ1v) is 12.8. The molecular weight excluding hydrogens is 561 g/mol. The quantitative estimate of drug-likeness (QED) is 0.201. The summed E-state index contributed by atoms with van der Waals surface area (Å²) < 4.78 is 48.8. The van der Waals surface area contributed by atoms with Gasteiger partial charge in [0.05, 0.1) is 17.6 Å². The molecule has 9 nitrogen and oxygen atoms in total. The van der Waals surface area contributed by atoms with Gasteiger partial charge in [0.25, 0.3) is 11.5 Å². The Balaban J connectivity index is 1.34. The second-order valence-electron chi connectivity index (χ2n) is 9.19. The average molecular weight is 585 g/mol. The normalized spacial score (nSPS) is 13.4. The van der Waals surface area contributed by atoms with Gasteiger partial charge in [-0.25, -0.2) is 18.2 Å². The van der Waals surface area contributed by atoms with E-state index in [1.54, 1.807) is 19.2 Å². The Bertz CT molecular complexity index is 1860. The summed E-state index contributed by atoms with van der Waals surface area (Å²) in [6.07, 6.45) is 6.59. The summed E-state index contributed by atoms with van der Waals surface area (Å²) in [4.78, 5) is 30.1. The number of rotatable bonds is 8. The van der Waals surface area contributed by atoms with Gasteiger partial charge in [-0.1, -0.05) is 0 Å². The molecule has 0 spiro atoms. The number of nitrogens with one attached hydrogen (secondary N) is 4. The van der Waals surface area contributed by atoms with Crippen LogP contribution in [0.15, 0.2) is 113 Å². The molecule has 1 aliphatic rings. The first-order chi connectivity index (χ1) is 20.7. The number of pyridine rings is 2. The molecule has 0 saturated heterocycles. The summed E-state index contributed by atoms with van der Waals surface area (Å²) in [5.41, 5.74) is 0.991. The van der Waals surface area contributed by atoms with Gasteiger partial charge in [-0.05, 0) is 73.7 Å². The number of nitrogens with zero attached hydrogens (tertiary/aromatic N) is 2. The zero-order chi connectivity index (χ0) is 30.5. The van der Waals surface area contributed by atoms with Crippen molar-refractivity contribution >= 4 is 23.6 Å². The fourth-order valence-electron chi connectivity index (χ4n) is 4.15. The van der Waals surface area contributed by atoms with Crippen molar-refractivity contribution in [3.8, 4) is 11.4 Å². The van der Waals surface area contributed by atoms with Crippen LogP contribution in [-0.4, -0.2) is 21.7 Å². The van der Waals surface area contributed by atoms with Crippen molar-refractivity contribution in [2.45, 2.75) is 6.92 Å². The van der Waals surface area contributed by atoms with E-state index in [0.29, 0.717) is 28.6 Å². The molecule has 2 aromatic heterocycles. The molecule has 216 valence electrons. The molecule has 0 fully saturated rings. The molecule has 1 aliphatic heterocycles. The van der Waals surface area contributed by atoms with Crippen LogP contribution in [0.1, 0.15) is 16.1 Å². The number of hydrogen-bond acceptors (Lipinski definition) is 7. The van der Waals surface area contributed by atoms with E-state index in [-0.39, 0.29) is 22.8 Å². The van der Waals surface area contributed by atoms with E-state index < -0.39 is 28.9 Å². The molecule has 0 radical (unpaired) electrons. The third-order valence-corrected chi connectivity index (χ3v) is 6.20. The van der Waals surface area contributed by atoms with Gasteiger partial charge >= 0.3 is 0 Å². The van der Waals surface area contributed by atoms with Gasteiger partial charge in [0.15, 0.2) is 17.3 Å². The van der Waals surface area contributed by atoms with Gasteiger partial charge in [0, 0.05) is 41.6 Å². The number of aryl methyl sites for hydroxylation is 1. The molecule has 4 aromatic rings. The highest BCUT2D eigenvalue weighted by Gasteiger charge is 2.18. The van der Waals surface area contributed by atoms with E-state index >= 15 is 4.39 Å². The standard InChI is InChI=1S/C31H23F3N6O3/c1-18-2-9-24(31(42)40(18)23-7-3-19(32)4-8-23)30(41)39-21-6-10-27(25(34)14-21)43-28-15-22(17-36-26(28)12-13-35)38-29-11-5-20(33)16-37-29/h2-17,35-36H,1H3,(H,37,38)(H,39,41)/b26-12-,35-13?. The monoisotopic (exact) mass is 584 g/mol. The van der Waals surface area contributed by atoms with Crippen molar-refractivity contribution in [3.63, 3.8) is 0 Å². The van der Waals surface area contributed by atoms with Gasteiger partial charge < -0.3 is 26.1 Å². The molecule has 0 unspecified atom stereocenters. The maximum Gasteiger partial charge on any atom is 0.268 e. The third-order valence-electron chi connectivity index (χ3n) is 6.20. The number of dihydropyridines is 1. The van der Waals surface area contributed by atoms with Crippen LogP contribution in [0.2, 0.25) is 0 Å². The van der Waals surface area contributed by atoms with E-state index in [1.807, 2.05) is 0 Å². The second-order valence-corrected chi connectivity index (χ2v) is 9.19. The summed E-state index contributed by atoms with van der Waals surface area (Å²) in [6, 6.07) is 14.6. The van der Waals surface area contributed by atoms with Crippen molar-refractivity contribution < 1.29 is 22.7 Å². The van der Waals surface area contributed by atoms with Crippen LogP contribution in [0, 0.1) is 29.8 Å². The lowest BCUT2D eigenvalue weighted by molar-refractivity contribution is 0.102. The summed E-state index contributed by atoms with van der Waals surface area (Å²) in [5.74, 6) is -2.21. The van der Waals surface area contributed by atoms with Crippen LogP contribution >= 0.6 is 0 Å². The lowest BCUT2D eigenvalue weighted by atomic mass is 10.2. The smallest absolute Gasteiger partial charge is 0.268 e. The summed E-state index contributed by atoms with van der Waals surface area (Å²) >= 11 is 0. The number of amides is 1. The molecule has 43 heavy (non-hydrogen) atoms. The van der Waals surface area contributed by atoms with E-state index in [1.165, 1.54) is 71.3 Å². The van der Waals surface area contributed by atoms with E-state index in [9.17, 15) is 18.4 Å². The minimum absolute atomic E-state index is 0.0683. The Kier molecular flexibility index (Phi) is 8.19. The fourth-order valence-corrected chi connectivity index (χ4v) is 4.15. The molecule has 0 atom stereocenters. The number of anilines is 2. The first kappa shape index (κ1) is 28.6. The third kappa shape index (κ3) is 6.54. The zero-order valence-corrected chi connectivity index (χ0v) is 22.5. The van der Waals surface area contributed by atoms with E-state index in [4.69, 9.17) is 10.1 Å². The van der Waals surface area contributed by atoms with Crippen LogP contribution in [0.5, 0.6) is 5.75 Å². The molecule has 0 bridgehead atoms. The average Bonchev–Trinajstić information content (AvgIpc) is 2.98. The summed E-state index contributed by atoms with van der Waals surface area (Å²) in [6.45, 7) is 1.68. The minimum atomic E-state index is -0.815. The van der Waals surface area contributed by atoms with Crippen molar-refractivity contribution in [2.75, 3.05) is 10.6 Å². The highest BCUT2D eigenvalue weighted by molar-refractivity contribution is 6.04. The number of benzene rings is 2.